The van der Waals surface area contributed by atoms with Crippen LogP contribution in [0.15, 0.2) is 91.1 Å². The standard InChI is InChI=1S/C26H22N2O4/c29-25(28-24(26(30)31)16-22-8-4-5-13-27-22)21-10-9-20-15-23(12-11-19(20)14-21)32-17-18-6-2-1-3-7-18/h1-15,24H,16-17H2,(H,28,29)(H,30,31). The highest BCUT2D eigenvalue weighted by Crippen LogP contribution is 2.23. The maximum absolute atomic E-state index is 12.7. The minimum Gasteiger partial charge on any atom is -0.489 e. The van der Waals surface area contributed by atoms with Crippen molar-refractivity contribution < 1.29 is 19.4 Å². The third kappa shape index (κ3) is 5.29. The van der Waals surface area contributed by atoms with Crippen molar-refractivity contribution in [1.82, 2.24) is 10.3 Å². The zero-order valence-electron chi connectivity index (χ0n) is 17.3. The fourth-order valence-corrected chi connectivity index (χ4v) is 3.37. The Morgan fingerprint density at radius 3 is 2.41 bits per heavy atom. The average Bonchev–Trinajstić information content (AvgIpc) is 2.83. The molecule has 0 aliphatic carbocycles. The van der Waals surface area contributed by atoms with Gasteiger partial charge in [-0.25, -0.2) is 4.79 Å². The van der Waals surface area contributed by atoms with Crippen LogP contribution < -0.4 is 10.1 Å². The van der Waals surface area contributed by atoms with Gasteiger partial charge in [0.25, 0.3) is 5.91 Å². The second kappa shape index (κ2) is 9.75. The van der Waals surface area contributed by atoms with Crippen molar-refractivity contribution in [3.05, 3.63) is 108 Å². The molecule has 4 rings (SSSR count). The Balaban J connectivity index is 1.45. The quantitative estimate of drug-likeness (QED) is 0.440. The molecule has 32 heavy (non-hydrogen) atoms. The Kier molecular flexibility index (Phi) is 6.41. The van der Waals surface area contributed by atoms with Crippen LogP contribution in [0.3, 0.4) is 0 Å². The van der Waals surface area contributed by atoms with E-state index in [0.717, 1.165) is 22.1 Å². The predicted molar refractivity (Wildman–Crippen MR) is 122 cm³/mol. The maximum atomic E-state index is 12.7. The Hall–Kier alpha value is -4.19. The zero-order valence-corrected chi connectivity index (χ0v) is 17.3. The molecule has 160 valence electrons. The van der Waals surface area contributed by atoms with Crippen LogP contribution in [0, 0.1) is 0 Å². The van der Waals surface area contributed by atoms with Crippen molar-refractivity contribution in [3.8, 4) is 5.75 Å². The largest absolute Gasteiger partial charge is 0.489 e. The van der Waals surface area contributed by atoms with E-state index in [1.54, 1.807) is 36.5 Å². The van der Waals surface area contributed by atoms with E-state index in [1.807, 2.05) is 54.6 Å². The van der Waals surface area contributed by atoms with E-state index >= 15 is 0 Å². The third-order valence-corrected chi connectivity index (χ3v) is 5.07. The first kappa shape index (κ1) is 21.1. The molecule has 0 bridgehead atoms. The molecule has 0 aliphatic heterocycles. The molecule has 4 aromatic rings. The molecular weight excluding hydrogens is 404 g/mol. The van der Waals surface area contributed by atoms with Gasteiger partial charge in [-0.15, -0.1) is 0 Å². The van der Waals surface area contributed by atoms with Crippen molar-refractivity contribution in [2.75, 3.05) is 0 Å². The lowest BCUT2D eigenvalue weighted by molar-refractivity contribution is -0.139. The highest BCUT2D eigenvalue weighted by atomic mass is 16.5. The molecule has 0 radical (unpaired) electrons. The van der Waals surface area contributed by atoms with E-state index in [0.29, 0.717) is 17.9 Å². The number of fused-ring (bicyclic) bond motifs is 1. The molecule has 1 unspecified atom stereocenters. The van der Waals surface area contributed by atoms with Crippen LogP contribution in [0.25, 0.3) is 10.8 Å². The number of ether oxygens (including phenoxy) is 1. The number of carbonyl (C=O) groups excluding carboxylic acids is 1. The number of carboxylic acids is 1. The first-order valence-corrected chi connectivity index (χ1v) is 10.2. The van der Waals surface area contributed by atoms with Gasteiger partial charge in [-0.05, 0) is 52.7 Å². The lowest BCUT2D eigenvalue weighted by atomic mass is 10.1. The summed E-state index contributed by atoms with van der Waals surface area (Å²) < 4.78 is 5.86. The lowest BCUT2D eigenvalue weighted by Crippen LogP contribution is -2.42. The van der Waals surface area contributed by atoms with E-state index in [4.69, 9.17) is 4.74 Å². The van der Waals surface area contributed by atoms with Crippen LogP contribution in [0.4, 0.5) is 0 Å². The molecule has 1 aromatic heterocycles. The maximum Gasteiger partial charge on any atom is 0.326 e. The van der Waals surface area contributed by atoms with E-state index < -0.39 is 17.9 Å². The number of rotatable bonds is 8. The molecule has 0 saturated heterocycles. The van der Waals surface area contributed by atoms with Gasteiger partial charge in [-0.1, -0.05) is 48.5 Å². The minimum atomic E-state index is -1.11. The van der Waals surface area contributed by atoms with Gasteiger partial charge in [0.2, 0.25) is 0 Å². The van der Waals surface area contributed by atoms with Crippen LogP contribution in [-0.4, -0.2) is 28.0 Å². The molecule has 2 N–H and O–H groups in total. The van der Waals surface area contributed by atoms with Gasteiger partial charge in [0.1, 0.15) is 18.4 Å². The highest BCUT2D eigenvalue weighted by Gasteiger charge is 2.21. The fourth-order valence-electron chi connectivity index (χ4n) is 3.37. The molecule has 6 nitrogen and oxygen atoms in total. The van der Waals surface area contributed by atoms with Crippen molar-refractivity contribution in [3.63, 3.8) is 0 Å². The number of carbonyl (C=O) groups is 2. The van der Waals surface area contributed by atoms with Gasteiger partial charge in [0.15, 0.2) is 0 Å². The Morgan fingerprint density at radius 2 is 1.66 bits per heavy atom. The topological polar surface area (TPSA) is 88.5 Å². The van der Waals surface area contributed by atoms with E-state index in [9.17, 15) is 14.7 Å². The van der Waals surface area contributed by atoms with Crippen LogP contribution in [0.5, 0.6) is 5.75 Å². The van der Waals surface area contributed by atoms with Crippen LogP contribution in [0.2, 0.25) is 0 Å². The fraction of sp³-hybridized carbons (Fsp3) is 0.115. The van der Waals surface area contributed by atoms with Gasteiger partial charge in [-0.3, -0.25) is 9.78 Å². The third-order valence-electron chi connectivity index (χ3n) is 5.07. The van der Waals surface area contributed by atoms with Gasteiger partial charge in [0, 0.05) is 23.9 Å². The van der Waals surface area contributed by atoms with E-state index in [-0.39, 0.29) is 6.42 Å². The summed E-state index contributed by atoms with van der Waals surface area (Å²) in [6.45, 7) is 0.472. The van der Waals surface area contributed by atoms with Gasteiger partial charge in [0.05, 0.1) is 0 Å². The van der Waals surface area contributed by atoms with Crippen LogP contribution in [0.1, 0.15) is 21.6 Å². The molecule has 6 heteroatoms. The number of hydrogen-bond acceptors (Lipinski definition) is 4. The van der Waals surface area contributed by atoms with Crippen molar-refractivity contribution >= 4 is 22.6 Å². The summed E-state index contributed by atoms with van der Waals surface area (Å²) in [6, 6.07) is 25.0. The Morgan fingerprint density at radius 1 is 0.906 bits per heavy atom. The molecule has 3 aromatic carbocycles. The normalized spacial score (nSPS) is 11.6. The summed E-state index contributed by atoms with van der Waals surface area (Å²) in [6.07, 6.45) is 1.70. The zero-order chi connectivity index (χ0) is 22.3. The first-order valence-electron chi connectivity index (χ1n) is 10.2. The van der Waals surface area contributed by atoms with Crippen molar-refractivity contribution in [2.45, 2.75) is 19.1 Å². The van der Waals surface area contributed by atoms with Crippen molar-refractivity contribution in [1.29, 1.82) is 0 Å². The molecule has 1 heterocycles. The number of carboxylic acid groups (broad SMARTS) is 1. The van der Waals surface area contributed by atoms with Gasteiger partial charge < -0.3 is 15.2 Å². The molecule has 1 atom stereocenters. The second-order valence-electron chi connectivity index (χ2n) is 7.39. The molecule has 0 aliphatic rings. The number of aliphatic carboxylic acids is 1. The monoisotopic (exact) mass is 426 g/mol. The van der Waals surface area contributed by atoms with E-state index in [2.05, 4.69) is 10.3 Å². The number of benzene rings is 3. The number of amides is 1. The Bertz CT molecular complexity index is 1230. The van der Waals surface area contributed by atoms with Crippen molar-refractivity contribution in [2.24, 2.45) is 0 Å². The molecular formula is C26H22N2O4. The van der Waals surface area contributed by atoms with E-state index in [1.165, 1.54) is 0 Å². The number of nitrogens with zero attached hydrogens (tertiary/aromatic N) is 1. The first-order chi connectivity index (χ1) is 15.6. The van der Waals surface area contributed by atoms with Gasteiger partial charge in [-0.2, -0.15) is 0 Å². The molecule has 0 saturated carbocycles. The number of nitrogens with one attached hydrogen (secondary N) is 1. The number of hydrogen-bond donors (Lipinski definition) is 2. The summed E-state index contributed by atoms with van der Waals surface area (Å²) in [5.41, 5.74) is 2.07. The average molecular weight is 426 g/mol. The summed E-state index contributed by atoms with van der Waals surface area (Å²) in [5, 5.41) is 13.9. The summed E-state index contributed by atoms with van der Waals surface area (Å²) in [4.78, 5) is 28.5. The van der Waals surface area contributed by atoms with Gasteiger partial charge >= 0.3 is 5.97 Å². The van der Waals surface area contributed by atoms with Crippen LogP contribution in [-0.2, 0) is 17.8 Å². The number of pyridine rings is 1. The Labute approximate surface area is 185 Å². The van der Waals surface area contributed by atoms with Crippen LogP contribution >= 0.6 is 0 Å². The number of aromatic nitrogens is 1. The summed E-state index contributed by atoms with van der Waals surface area (Å²) in [5.74, 6) is -0.815. The smallest absolute Gasteiger partial charge is 0.326 e. The minimum absolute atomic E-state index is 0.109. The molecule has 0 fully saturated rings. The molecule has 1 amide bonds. The second-order valence-corrected chi connectivity index (χ2v) is 7.39. The summed E-state index contributed by atoms with van der Waals surface area (Å²) in [7, 11) is 0. The molecule has 0 spiro atoms. The summed E-state index contributed by atoms with van der Waals surface area (Å²) >= 11 is 0. The lowest BCUT2D eigenvalue weighted by Gasteiger charge is -2.14. The highest BCUT2D eigenvalue weighted by molar-refractivity contribution is 6.00. The SMILES string of the molecule is O=C(NC(Cc1ccccn1)C(=O)O)c1ccc2cc(OCc3ccccc3)ccc2c1. The predicted octanol–water partition coefficient (Wildman–Crippen LogP) is 4.24.